The molecule has 0 saturated carbocycles. The number of carbonyl (C=O) groups is 2. The van der Waals surface area contributed by atoms with Gasteiger partial charge in [0, 0.05) is 80.7 Å². The molecular formula is C41H46N6O2. The zero-order valence-corrected chi connectivity index (χ0v) is 28.3. The molecule has 2 aliphatic heterocycles. The molecule has 0 radical (unpaired) electrons. The predicted octanol–water partition coefficient (Wildman–Crippen LogP) is 5.99. The average molecular weight is 655 g/mol. The SMILES string of the molecule is CN(CCc1ccccc1)CC1Cc2ccccc2N(C(=O)[C@@H](Cc2c[nH]c3ccccc23)NC(=O)N2CCN(c3ccccc3)CC2)C1. The molecule has 2 atom stereocenters. The lowest BCUT2D eigenvalue weighted by Gasteiger charge is -2.39. The van der Waals surface area contributed by atoms with E-state index in [1.54, 1.807) is 0 Å². The number of likely N-dealkylation sites (N-methyl/N-ethyl adjacent to an activating group) is 1. The van der Waals surface area contributed by atoms with E-state index in [4.69, 9.17) is 0 Å². The van der Waals surface area contributed by atoms with E-state index in [1.165, 1.54) is 16.8 Å². The quantitative estimate of drug-likeness (QED) is 0.194. The van der Waals surface area contributed by atoms with Gasteiger partial charge in [0.2, 0.25) is 5.91 Å². The smallest absolute Gasteiger partial charge is 0.318 e. The van der Waals surface area contributed by atoms with Gasteiger partial charge in [0.1, 0.15) is 6.04 Å². The van der Waals surface area contributed by atoms with Crippen molar-refractivity contribution in [2.75, 3.05) is 62.7 Å². The highest BCUT2D eigenvalue weighted by molar-refractivity contribution is 6.00. The monoisotopic (exact) mass is 654 g/mol. The van der Waals surface area contributed by atoms with E-state index in [2.05, 4.69) is 93.9 Å². The van der Waals surface area contributed by atoms with E-state index in [0.29, 0.717) is 26.1 Å². The standard InChI is InChI=1S/C41H46N6O2/c1-44(21-20-31-12-4-2-5-13-31)29-32-26-33-14-8-11-19-39(33)47(30-32)40(48)38(27-34-28-42-37-18-10-9-17-36(34)37)43-41(49)46-24-22-45(23-25-46)35-15-6-3-7-16-35/h2-19,28,32,38,42H,20-27,29-30H2,1H3,(H,43,49)/t32?,38-/m1/s1. The van der Waals surface area contributed by atoms with Gasteiger partial charge in [-0.15, -0.1) is 0 Å². The molecule has 7 rings (SSSR count). The first kappa shape index (κ1) is 32.5. The Morgan fingerprint density at radius 1 is 0.857 bits per heavy atom. The number of carbonyl (C=O) groups excluding carboxylic acids is 2. The summed E-state index contributed by atoms with van der Waals surface area (Å²) in [5.74, 6) is 0.209. The molecule has 1 unspecified atom stereocenters. The van der Waals surface area contributed by atoms with Gasteiger partial charge in [-0.2, -0.15) is 0 Å². The Balaban J connectivity index is 1.09. The maximum atomic E-state index is 14.8. The summed E-state index contributed by atoms with van der Waals surface area (Å²) in [4.78, 5) is 40.5. The molecule has 0 bridgehead atoms. The molecule has 3 amide bonds. The summed E-state index contributed by atoms with van der Waals surface area (Å²) in [5, 5.41) is 4.29. The van der Waals surface area contributed by atoms with E-state index in [9.17, 15) is 9.59 Å². The van der Waals surface area contributed by atoms with Crippen LogP contribution in [-0.4, -0.2) is 85.6 Å². The normalized spacial score (nSPS) is 16.9. The number of benzene rings is 4. The fourth-order valence-corrected chi connectivity index (χ4v) is 7.46. The number of H-pyrrole nitrogens is 1. The highest BCUT2D eigenvalue weighted by Crippen LogP contribution is 2.31. The van der Waals surface area contributed by atoms with E-state index < -0.39 is 6.04 Å². The molecule has 49 heavy (non-hydrogen) atoms. The van der Waals surface area contributed by atoms with Gasteiger partial charge in [0.15, 0.2) is 0 Å². The number of nitrogens with one attached hydrogen (secondary N) is 2. The van der Waals surface area contributed by atoms with Crippen LogP contribution < -0.4 is 15.1 Å². The van der Waals surface area contributed by atoms with Crippen molar-refractivity contribution in [3.05, 3.63) is 132 Å². The van der Waals surface area contributed by atoms with Crippen molar-refractivity contribution in [3.63, 3.8) is 0 Å². The first-order valence-corrected chi connectivity index (χ1v) is 17.5. The van der Waals surface area contributed by atoms with Gasteiger partial charge in [-0.3, -0.25) is 4.79 Å². The Kier molecular flexibility index (Phi) is 9.94. The van der Waals surface area contributed by atoms with Crippen molar-refractivity contribution in [1.82, 2.24) is 20.1 Å². The number of urea groups is 1. The number of rotatable bonds is 10. The number of amides is 3. The summed E-state index contributed by atoms with van der Waals surface area (Å²) in [6, 6.07) is 36.4. The van der Waals surface area contributed by atoms with Crippen molar-refractivity contribution in [1.29, 1.82) is 0 Å². The third kappa shape index (κ3) is 7.65. The van der Waals surface area contributed by atoms with Crippen LogP contribution in [0.25, 0.3) is 10.9 Å². The van der Waals surface area contributed by atoms with Gasteiger partial charge >= 0.3 is 6.03 Å². The largest absolute Gasteiger partial charge is 0.368 e. The molecule has 0 aliphatic carbocycles. The lowest BCUT2D eigenvalue weighted by atomic mass is 9.91. The van der Waals surface area contributed by atoms with Crippen LogP contribution >= 0.6 is 0 Å². The molecule has 2 aliphatic rings. The molecule has 5 aromatic rings. The number of fused-ring (bicyclic) bond motifs is 2. The third-order valence-electron chi connectivity index (χ3n) is 10.1. The summed E-state index contributed by atoms with van der Waals surface area (Å²) < 4.78 is 0. The van der Waals surface area contributed by atoms with Crippen molar-refractivity contribution >= 4 is 34.2 Å². The molecule has 4 aromatic carbocycles. The van der Waals surface area contributed by atoms with Crippen LogP contribution in [0.5, 0.6) is 0 Å². The molecule has 1 aromatic heterocycles. The number of hydrogen-bond acceptors (Lipinski definition) is 4. The van der Waals surface area contributed by atoms with Crippen molar-refractivity contribution < 1.29 is 9.59 Å². The number of aromatic amines is 1. The molecule has 3 heterocycles. The van der Waals surface area contributed by atoms with Gasteiger partial charge in [-0.25, -0.2) is 4.79 Å². The molecule has 0 spiro atoms. The second kappa shape index (κ2) is 15.0. The molecule has 8 nitrogen and oxygen atoms in total. The number of para-hydroxylation sites is 3. The minimum atomic E-state index is -0.721. The molecule has 2 N–H and O–H groups in total. The summed E-state index contributed by atoms with van der Waals surface area (Å²) in [7, 11) is 2.17. The zero-order valence-electron chi connectivity index (χ0n) is 28.3. The maximum absolute atomic E-state index is 14.8. The molecule has 1 saturated heterocycles. The van der Waals surface area contributed by atoms with Gasteiger partial charge in [-0.1, -0.05) is 84.9 Å². The van der Waals surface area contributed by atoms with E-state index in [-0.39, 0.29) is 17.9 Å². The second-order valence-electron chi connectivity index (χ2n) is 13.5. The van der Waals surface area contributed by atoms with Crippen LogP contribution in [-0.2, 0) is 24.1 Å². The Hall–Kier alpha value is -5.08. The summed E-state index contributed by atoms with van der Waals surface area (Å²) in [6.45, 7) is 5.14. The first-order valence-electron chi connectivity index (χ1n) is 17.5. The average Bonchev–Trinajstić information content (AvgIpc) is 3.56. The number of piperazine rings is 1. The Labute approximate surface area is 289 Å². The van der Waals surface area contributed by atoms with Gasteiger partial charge in [-0.05, 0) is 66.8 Å². The minimum absolute atomic E-state index is 0.0642. The predicted molar refractivity (Wildman–Crippen MR) is 198 cm³/mol. The minimum Gasteiger partial charge on any atom is -0.368 e. The van der Waals surface area contributed by atoms with Crippen LogP contribution in [0.3, 0.4) is 0 Å². The van der Waals surface area contributed by atoms with Crippen LogP contribution in [0, 0.1) is 5.92 Å². The molecular weight excluding hydrogens is 608 g/mol. The number of nitrogens with zero attached hydrogens (tertiary/aromatic N) is 4. The van der Waals surface area contributed by atoms with Gasteiger partial charge < -0.3 is 29.9 Å². The fraction of sp³-hybridized carbons (Fsp3) is 0.317. The van der Waals surface area contributed by atoms with Crippen molar-refractivity contribution in [2.45, 2.75) is 25.3 Å². The van der Waals surface area contributed by atoms with E-state index in [0.717, 1.165) is 61.2 Å². The summed E-state index contributed by atoms with van der Waals surface area (Å²) >= 11 is 0. The highest BCUT2D eigenvalue weighted by atomic mass is 16.2. The third-order valence-corrected chi connectivity index (χ3v) is 10.1. The van der Waals surface area contributed by atoms with Crippen LogP contribution in [0.15, 0.2) is 115 Å². The Morgan fingerprint density at radius 2 is 1.55 bits per heavy atom. The fourth-order valence-electron chi connectivity index (χ4n) is 7.46. The van der Waals surface area contributed by atoms with Crippen molar-refractivity contribution in [3.8, 4) is 0 Å². The summed E-state index contributed by atoms with van der Waals surface area (Å²) in [5.41, 5.74) is 6.67. The van der Waals surface area contributed by atoms with Crippen LogP contribution in [0.4, 0.5) is 16.2 Å². The Bertz CT molecular complexity index is 1850. The highest BCUT2D eigenvalue weighted by Gasteiger charge is 2.35. The van der Waals surface area contributed by atoms with Gasteiger partial charge in [0.05, 0.1) is 0 Å². The van der Waals surface area contributed by atoms with Crippen LogP contribution in [0.1, 0.15) is 16.7 Å². The summed E-state index contributed by atoms with van der Waals surface area (Å²) in [6.07, 6.45) is 4.28. The molecule has 252 valence electrons. The van der Waals surface area contributed by atoms with Crippen molar-refractivity contribution in [2.24, 2.45) is 5.92 Å². The Morgan fingerprint density at radius 3 is 2.35 bits per heavy atom. The number of aromatic nitrogens is 1. The second-order valence-corrected chi connectivity index (χ2v) is 13.5. The topological polar surface area (TPSA) is 74.9 Å². The zero-order chi connectivity index (χ0) is 33.6. The van der Waals surface area contributed by atoms with E-state index >= 15 is 0 Å². The number of anilines is 2. The molecule has 1 fully saturated rings. The number of hydrogen-bond donors (Lipinski definition) is 2. The first-order chi connectivity index (χ1) is 24.0. The lowest BCUT2D eigenvalue weighted by Crippen LogP contribution is -2.58. The van der Waals surface area contributed by atoms with E-state index in [1.807, 2.05) is 58.5 Å². The maximum Gasteiger partial charge on any atom is 0.318 e. The van der Waals surface area contributed by atoms with Crippen LogP contribution in [0.2, 0.25) is 0 Å². The lowest BCUT2D eigenvalue weighted by molar-refractivity contribution is -0.120. The molecule has 8 heteroatoms. The van der Waals surface area contributed by atoms with Gasteiger partial charge in [0.25, 0.3) is 0 Å².